The maximum Gasteiger partial charge on any atom is 0.0705 e. The van der Waals surface area contributed by atoms with Gasteiger partial charge in [-0.3, -0.25) is 0 Å². The van der Waals surface area contributed by atoms with Crippen molar-refractivity contribution in [3.05, 3.63) is 0 Å². The first-order valence-electron chi connectivity index (χ1n) is 9.89. The predicted octanol–water partition coefficient (Wildman–Crippen LogP) is 3.49. The van der Waals surface area contributed by atoms with Crippen LogP contribution in [0.5, 0.6) is 0 Å². The molecular formula is C20H33BrO3. The van der Waals surface area contributed by atoms with Crippen LogP contribution in [-0.2, 0) is 0 Å². The van der Waals surface area contributed by atoms with E-state index in [4.69, 9.17) is 0 Å². The predicted molar refractivity (Wildman–Crippen MR) is 97.8 cm³/mol. The van der Waals surface area contributed by atoms with Crippen molar-refractivity contribution < 1.29 is 15.3 Å². The molecule has 4 aliphatic carbocycles. The molecule has 138 valence electrons. The van der Waals surface area contributed by atoms with Crippen LogP contribution in [-0.4, -0.2) is 38.0 Å². The van der Waals surface area contributed by atoms with Crippen LogP contribution in [0.4, 0.5) is 0 Å². The number of aliphatic hydroxyl groups excluding tert-OH is 3. The molecule has 5 unspecified atom stereocenters. The fraction of sp³-hybridized carbons (Fsp3) is 1.00. The number of alkyl halides is 1. The van der Waals surface area contributed by atoms with Gasteiger partial charge in [0.05, 0.1) is 22.6 Å². The zero-order chi connectivity index (χ0) is 17.5. The topological polar surface area (TPSA) is 60.7 Å². The summed E-state index contributed by atoms with van der Waals surface area (Å²) in [6.45, 7) is 6.74. The molecule has 0 aromatic carbocycles. The van der Waals surface area contributed by atoms with Crippen molar-refractivity contribution >= 4 is 15.9 Å². The van der Waals surface area contributed by atoms with Crippen molar-refractivity contribution in [3.63, 3.8) is 0 Å². The molecule has 0 bridgehead atoms. The van der Waals surface area contributed by atoms with E-state index in [1.165, 1.54) is 0 Å². The molecule has 4 rings (SSSR count). The largest absolute Gasteiger partial charge is 0.393 e. The van der Waals surface area contributed by atoms with Crippen molar-refractivity contribution in [1.29, 1.82) is 0 Å². The first kappa shape index (κ1) is 17.8. The van der Waals surface area contributed by atoms with E-state index in [0.29, 0.717) is 17.8 Å². The Bertz CT molecular complexity index is 527. The summed E-state index contributed by atoms with van der Waals surface area (Å²) in [5, 5.41) is 32.2. The molecule has 0 heterocycles. The van der Waals surface area contributed by atoms with E-state index in [2.05, 4.69) is 36.7 Å². The number of halogens is 1. The summed E-state index contributed by atoms with van der Waals surface area (Å²) >= 11 is 4.00. The molecule has 24 heavy (non-hydrogen) atoms. The lowest BCUT2D eigenvalue weighted by molar-refractivity contribution is -0.173. The molecule has 0 amide bonds. The highest BCUT2D eigenvalue weighted by Gasteiger charge is 2.68. The van der Waals surface area contributed by atoms with Gasteiger partial charge < -0.3 is 15.3 Å². The summed E-state index contributed by atoms with van der Waals surface area (Å²) in [4.78, 5) is 0. The second kappa shape index (κ2) is 5.43. The molecule has 4 saturated carbocycles. The number of rotatable bonds is 0. The average Bonchev–Trinajstić information content (AvgIpc) is 2.84. The van der Waals surface area contributed by atoms with Crippen LogP contribution < -0.4 is 0 Å². The Morgan fingerprint density at radius 1 is 0.875 bits per heavy atom. The zero-order valence-electron chi connectivity index (χ0n) is 15.2. The first-order chi connectivity index (χ1) is 11.2. The fourth-order valence-electron chi connectivity index (χ4n) is 7.65. The third kappa shape index (κ3) is 1.95. The van der Waals surface area contributed by atoms with Crippen LogP contribution in [0.1, 0.15) is 65.7 Å². The van der Waals surface area contributed by atoms with Gasteiger partial charge in [-0.2, -0.15) is 0 Å². The summed E-state index contributed by atoms with van der Waals surface area (Å²) in [7, 11) is 0. The fourth-order valence-corrected chi connectivity index (χ4v) is 8.64. The zero-order valence-corrected chi connectivity index (χ0v) is 16.8. The van der Waals surface area contributed by atoms with Crippen LogP contribution in [0.25, 0.3) is 0 Å². The highest BCUT2D eigenvalue weighted by Crippen LogP contribution is 2.70. The molecule has 4 fully saturated rings. The Labute approximate surface area is 154 Å². The molecule has 0 saturated heterocycles. The van der Waals surface area contributed by atoms with Gasteiger partial charge in [-0.25, -0.2) is 0 Å². The van der Waals surface area contributed by atoms with E-state index in [-0.39, 0.29) is 33.3 Å². The van der Waals surface area contributed by atoms with Crippen molar-refractivity contribution in [2.45, 2.75) is 88.4 Å². The average molecular weight is 401 g/mol. The summed E-state index contributed by atoms with van der Waals surface area (Å²) in [6, 6.07) is 0. The minimum atomic E-state index is -0.422. The molecule has 0 aliphatic heterocycles. The van der Waals surface area contributed by atoms with Gasteiger partial charge in [0.2, 0.25) is 0 Å². The Morgan fingerprint density at radius 3 is 2.29 bits per heavy atom. The van der Waals surface area contributed by atoms with Gasteiger partial charge in [-0.15, -0.1) is 0 Å². The van der Waals surface area contributed by atoms with Gasteiger partial charge in [0, 0.05) is 5.92 Å². The lowest BCUT2D eigenvalue weighted by Crippen LogP contribution is -2.69. The third-order valence-corrected chi connectivity index (χ3v) is 11.4. The Kier molecular flexibility index (Phi) is 4.02. The number of hydrogen-bond donors (Lipinski definition) is 3. The van der Waals surface area contributed by atoms with E-state index in [9.17, 15) is 15.3 Å². The molecule has 0 aromatic heterocycles. The van der Waals surface area contributed by atoms with Crippen molar-refractivity contribution in [2.75, 3.05) is 0 Å². The lowest BCUT2D eigenvalue weighted by atomic mass is 9.43. The second-order valence-corrected chi connectivity index (χ2v) is 11.2. The Hall–Kier alpha value is 0.360. The molecular weight excluding hydrogens is 368 g/mol. The number of fused-ring (bicyclic) bond motifs is 5. The van der Waals surface area contributed by atoms with Crippen LogP contribution in [0, 0.1) is 34.5 Å². The second-order valence-electron chi connectivity index (χ2n) is 9.85. The molecule has 0 spiro atoms. The SMILES string of the molecule is CC1C(O)CC[C@]2(C)[C@@H]3CC[C@]4(C)C(O)CC[C@H]4[C@@H]3CC(O)C12Br. The molecule has 4 aliphatic rings. The first-order valence-corrected chi connectivity index (χ1v) is 10.7. The molecule has 0 aromatic rings. The molecule has 0 radical (unpaired) electrons. The lowest BCUT2D eigenvalue weighted by Gasteiger charge is -2.67. The smallest absolute Gasteiger partial charge is 0.0705 e. The summed E-state index contributed by atoms with van der Waals surface area (Å²) in [5.74, 6) is 1.69. The quantitative estimate of drug-likeness (QED) is 0.545. The summed E-state index contributed by atoms with van der Waals surface area (Å²) < 4.78 is -0.385. The van der Waals surface area contributed by atoms with Gasteiger partial charge in [0.1, 0.15) is 0 Å². The number of aliphatic hydroxyl groups is 3. The molecule has 3 N–H and O–H groups in total. The maximum absolute atomic E-state index is 11.2. The van der Waals surface area contributed by atoms with Gasteiger partial charge in [-0.05, 0) is 73.5 Å². The third-order valence-electron chi connectivity index (χ3n) is 9.26. The minimum Gasteiger partial charge on any atom is -0.393 e. The Morgan fingerprint density at radius 2 is 1.58 bits per heavy atom. The summed E-state index contributed by atoms with van der Waals surface area (Å²) in [6.07, 6.45) is 5.99. The summed E-state index contributed by atoms with van der Waals surface area (Å²) in [5.41, 5.74) is 0.0617. The van der Waals surface area contributed by atoms with E-state index in [1.54, 1.807) is 0 Å². The normalized spacial score (nSPS) is 63.4. The van der Waals surface area contributed by atoms with Crippen molar-refractivity contribution in [3.8, 4) is 0 Å². The molecule has 10 atom stereocenters. The van der Waals surface area contributed by atoms with Crippen LogP contribution >= 0.6 is 15.9 Å². The highest BCUT2D eigenvalue weighted by atomic mass is 79.9. The van der Waals surface area contributed by atoms with E-state index < -0.39 is 6.10 Å². The van der Waals surface area contributed by atoms with Crippen LogP contribution in [0.15, 0.2) is 0 Å². The van der Waals surface area contributed by atoms with Gasteiger partial charge in [0.25, 0.3) is 0 Å². The number of hydrogen-bond acceptors (Lipinski definition) is 3. The van der Waals surface area contributed by atoms with E-state index >= 15 is 0 Å². The van der Waals surface area contributed by atoms with E-state index in [0.717, 1.165) is 44.9 Å². The van der Waals surface area contributed by atoms with Crippen molar-refractivity contribution in [1.82, 2.24) is 0 Å². The van der Waals surface area contributed by atoms with Gasteiger partial charge in [-0.1, -0.05) is 36.7 Å². The van der Waals surface area contributed by atoms with E-state index in [1.807, 2.05) is 0 Å². The Balaban J connectivity index is 1.74. The van der Waals surface area contributed by atoms with Crippen LogP contribution in [0.3, 0.4) is 0 Å². The van der Waals surface area contributed by atoms with Gasteiger partial charge >= 0.3 is 0 Å². The molecule has 4 heteroatoms. The van der Waals surface area contributed by atoms with Gasteiger partial charge in [0.15, 0.2) is 0 Å². The maximum atomic E-state index is 11.2. The highest BCUT2D eigenvalue weighted by molar-refractivity contribution is 9.10. The standard InChI is InChI=1S/C20H33BrO3/c1-11-15(22)7-9-19(3)14-6-8-18(2)13(4-5-16(18)23)12(14)10-17(24)20(11,19)21/h11-17,22-24H,4-10H2,1-3H3/t11?,12-,13-,14+,15?,16?,17?,18-,19+,20?/m0/s1. The minimum absolute atomic E-state index is 0.0167. The monoisotopic (exact) mass is 400 g/mol. The molecule has 3 nitrogen and oxygen atoms in total. The van der Waals surface area contributed by atoms with Crippen LogP contribution in [0.2, 0.25) is 0 Å². The van der Waals surface area contributed by atoms with Crippen molar-refractivity contribution in [2.24, 2.45) is 34.5 Å².